The quantitative estimate of drug-likeness (QED) is 0.193. The number of hydrogen-bond donors (Lipinski definition) is 3. The van der Waals surface area contributed by atoms with Crippen molar-refractivity contribution in [3.8, 4) is 0 Å². The van der Waals surface area contributed by atoms with Crippen molar-refractivity contribution in [3.05, 3.63) is 82.7 Å². The molecule has 0 aliphatic heterocycles. The zero-order valence-corrected chi connectivity index (χ0v) is 23.7. The Balaban J connectivity index is 2.16. The molecule has 0 fully saturated rings. The van der Waals surface area contributed by atoms with Gasteiger partial charge in [0.25, 0.3) is 5.91 Å². The summed E-state index contributed by atoms with van der Waals surface area (Å²) in [5, 5.41) is 13.4. The summed E-state index contributed by atoms with van der Waals surface area (Å²) >= 11 is 0. The van der Waals surface area contributed by atoms with Gasteiger partial charge in [0.05, 0.1) is 5.71 Å². The maximum Gasteiger partial charge on any atom is 0.251 e. The van der Waals surface area contributed by atoms with E-state index in [4.69, 9.17) is 5.41 Å². The van der Waals surface area contributed by atoms with E-state index in [2.05, 4.69) is 27.5 Å². The van der Waals surface area contributed by atoms with Crippen molar-refractivity contribution in [2.24, 2.45) is 15.9 Å². The average molecular weight is 536 g/mol. The molecule has 0 saturated carbocycles. The Morgan fingerprint density at radius 1 is 1.03 bits per heavy atom. The van der Waals surface area contributed by atoms with Gasteiger partial charge in [-0.2, -0.15) is 0 Å². The Labute approximate surface area is 230 Å². The molecule has 2 aromatic rings. The molecule has 1 atom stereocenters. The SMILES string of the molecule is C/C=C\N=C(Nc1ccc(C(=O)NCCC(C)CCC=N)c(C)c1)C(C)=N/C=C(\C)c1ccc(C)c(F)c1F. The summed E-state index contributed by atoms with van der Waals surface area (Å²) in [6, 6.07) is 8.51. The van der Waals surface area contributed by atoms with Gasteiger partial charge >= 0.3 is 0 Å². The minimum absolute atomic E-state index is 0.126. The summed E-state index contributed by atoms with van der Waals surface area (Å²) in [5.74, 6) is -0.967. The maximum atomic E-state index is 14.4. The van der Waals surface area contributed by atoms with Gasteiger partial charge in [-0.1, -0.05) is 25.1 Å². The molecular weight excluding hydrogens is 496 g/mol. The number of carbonyl (C=O) groups excluding carboxylic acids is 1. The van der Waals surface area contributed by atoms with E-state index in [1.165, 1.54) is 31.5 Å². The molecule has 208 valence electrons. The molecule has 0 aromatic heterocycles. The Hall–Kier alpha value is -3.94. The number of allylic oxidation sites excluding steroid dienone is 2. The molecule has 0 spiro atoms. The molecule has 0 heterocycles. The monoisotopic (exact) mass is 535 g/mol. The first-order valence-electron chi connectivity index (χ1n) is 13.1. The number of anilines is 1. The van der Waals surface area contributed by atoms with Crippen LogP contribution < -0.4 is 10.6 Å². The molecule has 0 radical (unpaired) electrons. The van der Waals surface area contributed by atoms with Crippen molar-refractivity contribution in [2.45, 2.75) is 60.8 Å². The molecule has 1 unspecified atom stereocenters. The third kappa shape index (κ3) is 9.39. The van der Waals surface area contributed by atoms with Gasteiger partial charge in [0.2, 0.25) is 0 Å². The van der Waals surface area contributed by atoms with Crippen LogP contribution in [0.4, 0.5) is 14.5 Å². The molecule has 0 aliphatic carbocycles. The number of nitrogens with one attached hydrogen (secondary N) is 3. The Kier molecular flexibility index (Phi) is 12.4. The van der Waals surface area contributed by atoms with E-state index in [1.54, 1.807) is 38.3 Å². The highest BCUT2D eigenvalue weighted by atomic mass is 19.2. The largest absolute Gasteiger partial charge is 0.352 e. The fourth-order valence-electron chi connectivity index (χ4n) is 3.81. The van der Waals surface area contributed by atoms with Gasteiger partial charge in [-0.3, -0.25) is 9.79 Å². The second-order valence-corrected chi connectivity index (χ2v) is 9.63. The smallest absolute Gasteiger partial charge is 0.251 e. The van der Waals surface area contributed by atoms with Crippen LogP contribution in [-0.2, 0) is 0 Å². The van der Waals surface area contributed by atoms with E-state index >= 15 is 0 Å². The van der Waals surface area contributed by atoms with Crippen LogP contribution in [0.25, 0.3) is 5.57 Å². The van der Waals surface area contributed by atoms with E-state index in [-0.39, 0.29) is 17.0 Å². The molecule has 6 nitrogen and oxygen atoms in total. The number of benzene rings is 2. The van der Waals surface area contributed by atoms with Crippen LogP contribution in [0.3, 0.4) is 0 Å². The lowest BCUT2D eigenvalue weighted by Gasteiger charge is -2.14. The third-order valence-corrected chi connectivity index (χ3v) is 6.31. The van der Waals surface area contributed by atoms with Gasteiger partial charge in [0.1, 0.15) is 0 Å². The highest BCUT2D eigenvalue weighted by Crippen LogP contribution is 2.22. The van der Waals surface area contributed by atoms with Gasteiger partial charge in [0, 0.05) is 35.8 Å². The summed E-state index contributed by atoms with van der Waals surface area (Å²) in [5.41, 5.74) is 3.55. The highest BCUT2D eigenvalue weighted by molar-refractivity contribution is 6.45. The second-order valence-electron chi connectivity index (χ2n) is 9.63. The first-order chi connectivity index (χ1) is 18.6. The van der Waals surface area contributed by atoms with Crippen LogP contribution in [-0.4, -0.2) is 30.2 Å². The first kappa shape index (κ1) is 31.3. The van der Waals surface area contributed by atoms with Crippen LogP contribution in [0.15, 0.2) is 58.8 Å². The van der Waals surface area contributed by atoms with Gasteiger partial charge in [-0.05, 0) is 101 Å². The number of carbonyl (C=O) groups is 1. The van der Waals surface area contributed by atoms with Crippen LogP contribution in [0.1, 0.15) is 74.0 Å². The fourth-order valence-corrected chi connectivity index (χ4v) is 3.81. The van der Waals surface area contributed by atoms with Gasteiger partial charge < -0.3 is 16.0 Å². The minimum Gasteiger partial charge on any atom is -0.352 e. The van der Waals surface area contributed by atoms with E-state index in [9.17, 15) is 13.6 Å². The zero-order valence-electron chi connectivity index (χ0n) is 23.7. The van der Waals surface area contributed by atoms with Crippen LogP contribution >= 0.6 is 0 Å². The lowest BCUT2D eigenvalue weighted by molar-refractivity contribution is 0.0951. The number of amidine groups is 1. The summed E-state index contributed by atoms with van der Waals surface area (Å²) in [6.45, 7) is 11.4. The van der Waals surface area contributed by atoms with E-state index < -0.39 is 11.6 Å². The highest BCUT2D eigenvalue weighted by Gasteiger charge is 2.13. The molecule has 8 heteroatoms. The normalized spacial score (nSPS) is 13.5. The number of aryl methyl sites for hydroxylation is 2. The lowest BCUT2D eigenvalue weighted by atomic mass is 10.0. The number of rotatable bonds is 12. The lowest BCUT2D eigenvalue weighted by Crippen LogP contribution is -2.26. The van der Waals surface area contributed by atoms with Gasteiger partial charge in [-0.15, -0.1) is 0 Å². The minimum atomic E-state index is -0.894. The predicted octanol–water partition coefficient (Wildman–Crippen LogP) is 7.63. The van der Waals surface area contributed by atoms with Crippen LogP contribution in [0, 0.1) is 36.8 Å². The number of aliphatic imine (C=N–C) groups is 2. The van der Waals surface area contributed by atoms with Crippen molar-refractivity contribution in [2.75, 3.05) is 11.9 Å². The molecule has 0 aliphatic rings. The van der Waals surface area contributed by atoms with E-state index in [0.29, 0.717) is 35.1 Å². The summed E-state index contributed by atoms with van der Waals surface area (Å²) in [6.07, 6.45) is 8.88. The van der Waals surface area contributed by atoms with Crippen molar-refractivity contribution >= 4 is 34.9 Å². The molecule has 0 saturated heterocycles. The maximum absolute atomic E-state index is 14.4. The number of nitrogens with zero attached hydrogens (tertiary/aromatic N) is 2. The second kappa shape index (κ2) is 15.5. The fraction of sp³-hybridized carbons (Fsp3) is 0.355. The number of amides is 1. The number of hydrogen-bond acceptors (Lipinski definition) is 4. The summed E-state index contributed by atoms with van der Waals surface area (Å²) in [4.78, 5) is 21.6. The Bertz CT molecular complexity index is 1290. The topological polar surface area (TPSA) is 89.7 Å². The van der Waals surface area contributed by atoms with Gasteiger partial charge in [-0.25, -0.2) is 13.8 Å². The Morgan fingerprint density at radius 3 is 2.41 bits per heavy atom. The summed E-state index contributed by atoms with van der Waals surface area (Å²) in [7, 11) is 0. The molecule has 2 aromatic carbocycles. The number of halogens is 2. The molecular formula is C31H39F2N5O. The van der Waals surface area contributed by atoms with Crippen molar-refractivity contribution in [1.82, 2.24) is 5.32 Å². The molecule has 1 amide bonds. The van der Waals surface area contributed by atoms with E-state index in [0.717, 1.165) is 30.5 Å². The molecule has 2 rings (SSSR count). The molecule has 39 heavy (non-hydrogen) atoms. The van der Waals surface area contributed by atoms with Crippen molar-refractivity contribution in [3.63, 3.8) is 0 Å². The standard InChI is InChI=1S/C31H39F2N5O/c1-7-16-35-30(24(6)37-19-23(5)26-12-10-21(3)28(32)29(26)33)38-25-11-13-27(22(4)18-25)31(39)36-17-14-20(2)9-8-15-34/h7,10-13,15-16,18-20,34H,8-9,14,17H2,1-6H3,(H,35,38)(H,36,39)/b16-7-,23-19+,34-15?,37-24?. The van der Waals surface area contributed by atoms with Crippen molar-refractivity contribution in [1.29, 1.82) is 5.41 Å². The third-order valence-electron chi connectivity index (χ3n) is 6.31. The predicted molar refractivity (Wildman–Crippen MR) is 159 cm³/mol. The molecule has 0 bridgehead atoms. The van der Waals surface area contributed by atoms with Crippen LogP contribution in [0.5, 0.6) is 0 Å². The first-order valence-corrected chi connectivity index (χ1v) is 13.1. The average Bonchev–Trinajstić information content (AvgIpc) is 2.91. The van der Waals surface area contributed by atoms with Crippen molar-refractivity contribution < 1.29 is 13.6 Å². The van der Waals surface area contributed by atoms with E-state index in [1.807, 2.05) is 19.9 Å². The zero-order chi connectivity index (χ0) is 28.9. The van der Waals surface area contributed by atoms with Gasteiger partial charge in [0.15, 0.2) is 17.5 Å². The summed E-state index contributed by atoms with van der Waals surface area (Å²) < 4.78 is 28.4. The Morgan fingerprint density at radius 2 is 1.74 bits per heavy atom. The van der Waals surface area contributed by atoms with Crippen LogP contribution in [0.2, 0.25) is 0 Å². The molecule has 3 N–H and O–H groups in total.